The van der Waals surface area contributed by atoms with Crippen LogP contribution in [-0.4, -0.2) is 6.61 Å². The molecule has 0 amide bonds. The molecule has 0 radical (unpaired) electrons. The molecule has 104 valence electrons. The smallest absolute Gasteiger partial charge is 0.127 e. The first-order chi connectivity index (χ1) is 9.60. The molecule has 3 heteroatoms. The number of rotatable bonds is 2. The minimum Gasteiger partial charge on any atom is -0.493 e. The lowest BCUT2D eigenvalue weighted by Crippen LogP contribution is -2.00. The standard InChI is InChI=1S/C17H18ClNO/c1-10-5-15(16(18)6-11(10)2)13-7-12-3-4-20-17(12)14(8-13)9-19/h5-8H,3-4,9,19H2,1-2H3. The summed E-state index contributed by atoms with van der Waals surface area (Å²) < 4.78 is 5.67. The van der Waals surface area contributed by atoms with E-state index in [0.29, 0.717) is 6.54 Å². The Morgan fingerprint density at radius 2 is 1.90 bits per heavy atom. The van der Waals surface area contributed by atoms with E-state index in [1.165, 1.54) is 16.7 Å². The van der Waals surface area contributed by atoms with Gasteiger partial charge in [0.2, 0.25) is 0 Å². The SMILES string of the molecule is Cc1cc(Cl)c(-c2cc(CN)c3c(c2)CCO3)cc1C. The highest BCUT2D eigenvalue weighted by Gasteiger charge is 2.18. The van der Waals surface area contributed by atoms with Crippen LogP contribution in [-0.2, 0) is 13.0 Å². The van der Waals surface area contributed by atoms with E-state index >= 15 is 0 Å². The van der Waals surface area contributed by atoms with Crippen LogP contribution in [0.1, 0.15) is 22.3 Å². The van der Waals surface area contributed by atoms with E-state index in [-0.39, 0.29) is 0 Å². The highest BCUT2D eigenvalue weighted by Crippen LogP contribution is 2.37. The first-order valence-corrected chi connectivity index (χ1v) is 7.23. The lowest BCUT2D eigenvalue weighted by atomic mass is 9.96. The molecule has 0 spiro atoms. The van der Waals surface area contributed by atoms with Crippen LogP contribution in [0.5, 0.6) is 5.75 Å². The Balaban J connectivity index is 2.18. The third kappa shape index (κ3) is 2.19. The zero-order valence-corrected chi connectivity index (χ0v) is 12.6. The summed E-state index contributed by atoms with van der Waals surface area (Å²) >= 11 is 6.42. The molecule has 1 aliphatic heterocycles. The summed E-state index contributed by atoms with van der Waals surface area (Å²) in [5, 5.41) is 0.787. The van der Waals surface area contributed by atoms with Gasteiger partial charge in [-0.3, -0.25) is 0 Å². The molecule has 0 saturated heterocycles. The van der Waals surface area contributed by atoms with Crippen LogP contribution in [0.25, 0.3) is 11.1 Å². The Morgan fingerprint density at radius 3 is 2.65 bits per heavy atom. The van der Waals surface area contributed by atoms with Gasteiger partial charge in [-0.2, -0.15) is 0 Å². The molecular formula is C17H18ClNO. The van der Waals surface area contributed by atoms with Crippen molar-refractivity contribution in [1.82, 2.24) is 0 Å². The molecular weight excluding hydrogens is 270 g/mol. The molecule has 2 N–H and O–H groups in total. The topological polar surface area (TPSA) is 35.2 Å². The number of fused-ring (bicyclic) bond motifs is 1. The van der Waals surface area contributed by atoms with E-state index in [1.807, 2.05) is 6.07 Å². The molecule has 0 fully saturated rings. The van der Waals surface area contributed by atoms with Gasteiger partial charge in [-0.1, -0.05) is 11.6 Å². The maximum absolute atomic E-state index is 6.42. The summed E-state index contributed by atoms with van der Waals surface area (Å²) in [4.78, 5) is 0. The molecule has 3 rings (SSSR count). The number of halogens is 1. The molecule has 2 aromatic rings. The Labute approximate surface area is 124 Å². The zero-order valence-electron chi connectivity index (χ0n) is 11.8. The van der Waals surface area contributed by atoms with E-state index in [2.05, 4.69) is 32.0 Å². The van der Waals surface area contributed by atoms with Crippen molar-refractivity contribution in [3.63, 3.8) is 0 Å². The lowest BCUT2D eigenvalue weighted by Gasteiger charge is -2.13. The third-order valence-corrected chi connectivity index (χ3v) is 4.29. The second-order valence-corrected chi connectivity index (χ2v) is 5.75. The van der Waals surface area contributed by atoms with E-state index < -0.39 is 0 Å². The van der Waals surface area contributed by atoms with Gasteiger partial charge in [0.05, 0.1) is 6.61 Å². The summed E-state index contributed by atoms with van der Waals surface area (Å²) in [6.45, 7) is 5.41. The second kappa shape index (κ2) is 5.12. The number of hydrogen-bond donors (Lipinski definition) is 1. The van der Waals surface area contributed by atoms with E-state index in [9.17, 15) is 0 Å². The minimum absolute atomic E-state index is 0.485. The van der Waals surface area contributed by atoms with Crippen LogP contribution in [0.3, 0.4) is 0 Å². The van der Waals surface area contributed by atoms with Crippen molar-refractivity contribution in [1.29, 1.82) is 0 Å². The molecule has 2 nitrogen and oxygen atoms in total. The van der Waals surface area contributed by atoms with Gasteiger partial charge in [-0.15, -0.1) is 0 Å². The highest BCUT2D eigenvalue weighted by atomic mass is 35.5. The molecule has 0 unspecified atom stereocenters. The molecule has 0 saturated carbocycles. The van der Waals surface area contributed by atoms with Gasteiger partial charge >= 0.3 is 0 Å². The van der Waals surface area contributed by atoms with Gasteiger partial charge in [0.25, 0.3) is 0 Å². The number of nitrogens with two attached hydrogens (primary N) is 1. The summed E-state index contributed by atoms with van der Waals surface area (Å²) in [7, 11) is 0. The van der Waals surface area contributed by atoms with Crippen LogP contribution in [0, 0.1) is 13.8 Å². The first-order valence-electron chi connectivity index (χ1n) is 6.86. The molecule has 0 aliphatic carbocycles. The Hall–Kier alpha value is -1.51. The summed E-state index contributed by atoms with van der Waals surface area (Å²) in [5.41, 5.74) is 12.8. The number of hydrogen-bond acceptors (Lipinski definition) is 2. The largest absolute Gasteiger partial charge is 0.493 e. The molecule has 1 heterocycles. The van der Waals surface area contributed by atoms with E-state index in [1.54, 1.807) is 0 Å². The normalized spacial score (nSPS) is 13.2. The molecule has 0 aromatic heterocycles. The van der Waals surface area contributed by atoms with Crippen LogP contribution in [0.4, 0.5) is 0 Å². The number of ether oxygens (including phenoxy) is 1. The molecule has 2 aromatic carbocycles. The average molecular weight is 288 g/mol. The summed E-state index contributed by atoms with van der Waals surface area (Å²) in [6, 6.07) is 8.45. The predicted molar refractivity (Wildman–Crippen MR) is 83.5 cm³/mol. The van der Waals surface area contributed by atoms with E-state index in [0.717, 1.165) is 40.5 Å². The zero-order chi connectivity index (χ0) is 14.3. The van der Waals surface area contributed by atoms with Crippen molar-refractivity contribution in [2.75, 3.05) is 6.61 Å². The summed E-state index contributed by atoms with van der Waals surface area (Å²) in [5.74, 6) is 0.969. The maximum Gasteiger partial charge on any atom is 0.127 e. The average Bonchev–Trinajstić information content (AvgIpc) is 2.90. The summed E-state index contributed by atoms with van der Waals surface area (Å²) in [6.07, 6.45) is 0.943. The van der Waals surface area contributed by atoms with Crippen molar-refractivity contribution < 1.29 is 4.74 Å². The van der Waals surface area contributed by atoms with Gasteiger partial charge in [0.1, 0.15) is 5.75 Å². The lowest BCUT2D eigenvalue weighted by molar-refractivity contribution is 0.353. The van der Waals surface area contributed by atoms with Gasteiger partial charge in [0, 0.05) is 29.1 Å². The Bertz CT molecular complexity index is 679. The van der Waals surface area contributed by atoms with Gasteiger partial charge in [-0.25, -0.2) is 0 Å². The van der Waals surface area contributed by atoms with Gasteiger partial charge < -0.3 is 10.5 Å². The predicted octanol–water partition coefficient (Wildman–Crippen LogP) is 4.02. The van der Waals surface area contributed by atoms with Crippen molar-refractivity contribution >= 4 is 11.6 Å². The van der Waals surface area contributed by atoms with Crippen molar-refractivity contribution in [2.45, 2.75) is 26.8 Å². The van der Waals surface area contributed by atoms with E-state index in [4.69, 9.17) is 22.1 Å². The van der Waals surface area contributed by atoms with Crippen LogP contribution < -0.4 is 10.5 Å². The van der Waals surface area contributed by atoms with Crippen LogP contribution in [0.15, 0.2) is 24.3 Å². The fourth-order valence-corrected chi connectivity index (χ4v) is 3.03. The molecule has 20 heavy (non-hydrogen) atoms. The van der Waals surface area contributed by atoms with Gasteiger partial charge in [0.15, 0.2) is 0 Å². The first kappa shape index (κ1) is 13.5. The highest BCUT2D eigenvalue weighted by molar-refractivity contribution is 6.33. The Kier molecular flexibility index (Phi) is 3.45. The molecule has 1 aliphatic rings. The monoisotopic (exact) mass is 287 g/mol. The quantitative estimate of drug-likeness (QED) is 0.905. The number of aryl methyl sites for hydroxylation is 2. The van der Waals surface area contributed by atoms with Crippen LogP contribution >= 0.6 is 11.6 Å². The minimum atomic E-state index is 0.485. The Morgan fingerprint density at radius 1 is 1.15 bits per heavy atom. The van der Waals surface area contributed by atoms with Crippen LogP contribution in [0.2, 0.25) is 5.02 Å². The second-order valence-electron chi connectivity index (χ2n) is 5.34. The molecule has 0 atom stereocenters. The third-order valence-electron chi connectivity index (χ3n) is 3.97. The van der Waals surface area contributed by atoms with Crippen molar-refractivity contribution in [2.24, 2.45) is 5.73 Å². The fourth-order valence-electron chi connectivity index (χ4n) is 2.70. The van der Waals surface area contributed by atoms with Crippen molar-refractivity contribution in [3.8, 4) is 16.9 Å². The fraction of sp³-hybridized carbons (Fsp3) is 0.294. The van der Waals surface area contributed by atoms with Crippen molar-refractivity contribution in [3.05, 3.63) is 51.5 Å². The molecule has 0 bridgehead atoms. The van der Waals surface area contributed by atoms with Gasteiger partial charge in [-0.05, 0) is 60.4 Å². The maximum atomic E-state index is 6.42. The number of benzene rings is 2.